The molecule has 5 rings (SSSR count). The molecule has 1 atom stereocenters. The van der Waals surface area contributed by atoms with E-state index in [0.29, 0.717) is 16.5 Å². The van der Waals surface area contributed by atoms with Crippen molar-refractivity contribution in [3.05, 3.63) is 89.2 Å². The summed E-state index contributed by atoms with van der Waals surface area (Å²) in [5.41, 5.74) is 2.19. The Labute approximate surface area is 237 Å². The summed E-state index contributed by atoms with van der Waals surface area (Å²) < 4.78 is 48.6. The Balaban J connectivity index is 1.43. The maximum atomic E-state index is 13.7. The van der Waals surface area contributed by atoms with Crippen LogP contribution in [0.1, 0.15) is 54.2 Å². The summed E-state index contributed by atoms with van der Waals surface area (Å²) in [5.74, 6) is 0.468. The Morgan fingerprint density at radius 2 is 1.75 bits per heavy atom. The minimum absolute atomic E-state index is 0.0220. The number of rotatable bonds is 8. The van der Waals surface area contributed by atoms with Crippen LogP contribution in [0.15, 0.2) is 76.7 Å². The molecular weight excluding hydrogens is 553 g/mol. The van der Waals surface area contributed by atoms with Gasteiger partial charge in [-0.25, -0.2) is 23.0 Å². The third-order valence-corrected chi connectivity index (χ3v) is 9.19. The lowest BCUT2D eigenvalue weighted by Gasteiger charge is -2.28. The van der Waals surface area contributed by atoms with Crippen LogP contribution in [-0.2, 0) is 21.4 Å². The van der Waals surface area contributed by atoms with Crippen molar-refractivity contribution in [2.45, 2.75) is 49.0 Å². The van der Waals surface area contributed by atoms with Gasteiger partial charge in [0.05, 0.1) is 12.0 Å². The van der Waals surface area contributed by atoms with Gasteiger partial charge in [0.15, 0.2) is 11.5 Å². The summed E-state index contributed by atoms with van der Waals surface area (Å²) in [6.45, 7) is 0.157. The molecule has 210 valence electrons. The molecule has 11 heteroatoms. The molecule has 1 amide bonds. The van der Waals surface area contributed by atoms with Crippen LogP contribution in [0.5, 0.6) is 11.5 Å². The first-order valence-electron chi connectivity index (χ1n) is 13.0. The van der Waals surface area contributed by atoms with Crippen LogP contribution in [0.4, 0.5) is 4.39 Å². The van der Waals surface area contributed by atoms with E-state index in [9.17, 15) is 17.6 Å². The van der Waals surface area contributed by atoms with E-state index in [1.54, 1.807) is 42.5 Å². The minimum Gasteiger partial charge on any atom is -0.492 e. The molecule has 1 heterocycles. The predicted octanol–water partition coefficient (Wildman–Crippen LogP) is 5.58. The second kappa shape index (κ2) is 12.0. The SMILES string of the molecule is COc1c(OCc2ccc(S(N)(=O)=O)cc2)cccc1C1SC(c2ccc(F)cc2)=NN1C(=O)C1CCCCC1. The number of carbonyl (C=O) groups excluding carboxylic acids is 1. The van der Waals surface area contributed by atoms with E-state index in [0.717, 1.165) is 48.8 Å². The van der Waals surface area contributed by atoms with Crippen molar-refractivity contribution in [3.8, 4) is 11.5 Å². The highest BCUT2D eigenvalue weighted by Crippen LogP contribution is 2.48. The van der Waals surface area contributed by atoms with E-state index in [2.05, 4.69) is 0 Å². The largest absolute Gasteiger partial charge is 0.492 e. The Morgan fingerprint density at radius 3 is 2.40 bits per heavy atom. The lowest BCUT2D eigenvalue weighted by molar-refractivity contribution is -0.137. The number of hydrogen-bond donors (Lipinski definition) is 1. The van der Waals surface area contributed by atoms with Gasteiger partial charge in [0.25, 0.3) is 0 Å². The van der Waals surface area contributed by atoms with Crippen LogP contribution in [0, 0.1) is 11.7 Å². The van der Waals surface area contributed by atoms with Crippen LogP contribution in [0.2, 0.25) is 0 Å². The summed E-state index contributed by atoms with van der Waals surface area (Å²) in [5, 5.41) is 11.6. The van der Waals surface area contributed by atoms with Gasteiger partial charge in [0, 0.05) is 17.0 Å². The highest BCUT2D eigenvalue weighted by molar-refractivity contribution is 8.14. The maximum absolute atomic E-state index is 13.7. The van der Waals surface area contributed by atoms with Crippen molar-refractivity contribution in [1.82, 2.24) is 5.01 Å². The molecule has 1 unspecified atom stereocenters. The summed E-state index contributed by atoms with van der Waals surface area (Å²) >= 11 is 1.41. The zero-order valence-corrected chi connectivity index (χ0v) is 23.6. The molecule has 1 aliphatic carbocycles. The van der Waals surface area contributed by atoms with Crippen molar-refractivity contribution < 1.29 is 27.1 Å². The van der Waals surface area contributed by atoms with Crippen LogP contribution in [0.25, 0.3) is 0 Å². The Bertz CT molecular complexity index is 1510. The number of nitrogens with zero attached hydrogens (tertiary/aromatic N) is 2. The monoisotopic (exact) mass is 583 g/mol. The molecule has 3 aromatic carbocycles. The first-order chi connectivity index (χ1) is 19.2. The molecule has 8 nitrogen and oxygen atoms in total. The molecule has 0 saturated heterocycles. The molecule has 1 fully saturated rings. The number of ether oxygens (including phenoxy) is 2. The van der Waals surface area contributed by atoms with Crippen molar-refractivity contribution in [2.24, 2.45) is 16.2 Å². The molecule has 1 saturated carbocycles. The van der Waals surface area contributed by atoms with Crippen molar-refractivity contribution in [1.29, 1.82) is 0 Å². The molecule has 0 aromatic heterocycles. The molecule has 0 radical (unpaired) electrons. The van der Waals surface area contributed by atoms with Gasteiger partial charge < -0.3 is 9.47 Å². The number of nitrogens with two attached hydrogens (primary N) is 1. The average molecular weight is 584 g/mol. The van der Waals surface area contributed by atoms with Crippen molar-refractivity contribution in [3.63, 3.8) is 0 Å². The van der Waals surface area contributed by atoms with Crippen molar-refractivity contribution in [2.75, 3.05) is 7.11 Å². The zero-order valence-electron chi connectivity index (χ0n) is 22.0. The lowest BCUT2D eigenvalue weighted by atomic mass is 9.88. The predicted molar refractivity (Wildman–Crippen MR) is 152 cm³/mol. The topological polar surface area (TPSA) is 111 Å². The maximum Gasteiger partial charge on any atom is 0.247 e. The Morgan fingerprint density at radius 1 is 1.05 bits per heavy atom. The quantitative estimate of drug-likeness (QED) is 0.371. The fourth-order valence-corrected chi connectivity index (χ4v) is 6.64. The number of amides is 1. The van der Waals surface area contributed by atoms with E-state index < -0.39 is 15.4 Å². The number of sulfonamides is 1. The number of thioether (sulfide) groups is 1. The smallest absolute Gasteiger partial charge is 0.247 e. The summed E-state index contributed by atoms with van der Waals surface area (Å²) in [7, 11) is -2.24. The first-order valence-corrected chi connectivity index (χ1v) is 15.4. The van der Waals surface area contributed by atoms with Gasteiger partial charge in [-0.3, -0.25) is 4.79 Å². The van der Waals surface area contributed by atoms with E-state index in [1.807, 2.05) is 12.1 Å². The summed E-state index contributed by atoms with van der Waals surface area (Å²) in [6, 6.07) is 17.7. The van der Waals surface area contributed by atoms with Crippen LogP contribution in [0.3, 0.4) is 0 Å². The number of hydrogen-bond acceptors (Lipinski definition) is 7. The number of methoxy groups -OCH3 is 1. The van der Waals surface area contributed by atoms with Crippen LogP contribution >= 0.6 is 11.8 Å². The number of primary sulfonamides is 1. The number of hydrazone groups is 1. The minimum atomic E-state index is -3.78. The van der Waals surface area contributed by atoms with Gasteiger partial charge in [0.1, 0.15) is 22.8 Å². The average Bonchev–Trinajstić information content (AvgIpc) is 3.41. The highest BCUT2D eigenvalue weighted by Gasteiger charge is 2.39. The van der Waals surface area contributed by atoms with Gasteiger partial charge in [0.2, 0.25) is 15.9 Å². The van der Waals surface area contributed by atoms with Gasteiger partial charge in [-0.2, -0.15) is 5.10 Å². The highest BCUT2D eigenvalue weighted by atomic mass is 32.2. The molecule has 3 aromatic rings. The molecular formula is C29H30FN3O5S2. The lowest BCUT2D eigenvalue weighted by Crippen LogP contribution is -2.33. The molecule has 2 N–H and O–H groups in total. The first kappa shape index (κ1) is 28.1. The third kappa shape index (κ3) is 6.16. The number of para-hydroxylation sites is 1. The van der Waals surface area contributed by atoms with E-state index in [1.165, 1.54) is 36.0 Å². The van der Waals surface area contributed by atoms with Gasteiger partial charge in [-0.15, -0.1) is 0 Å². The summed E-state index contributed by atoms with van der Waals surface area (Å²) in [4.78, 5) is 13.8. The Hall–Kier alpha value is -3.41. The normalized spacial score (nSPS) is 17.9. The third-order valence-electron chi connectivity index (χ3n) is 7.04. The molecule has 40 heavy (non-hydrogen) atoms. The zero-order chi connectivity index (χ0) is 28.3. The van der Waals surface area contributed by atoms with E-state index in [4.69, 9.17) is 19.7 Å². The molecule has 1 aliphatic heterocycles. The number of benzene rings is 3. The Kier molecular flexibility index (Phi) is 8.43. The van der Waals surface area contributed by atoms with Crippen molar-refractivity contribution >= 4 is 32.7 Å². The van der Waals surface area contributed by atoms with Crippen LogP contribution in [-0.4, -0.2) is 31.5 Å². The summed E-state index contributed by atoms with van der Waals surface area (Å²) in [6.07, 6.45) is 4.82. The van der Waals surface area contributed by atoms with Crippen LogP contribution < -0.4 is 14.6 Å². The fourth-order valence-electron chi connectivity index (χ4n) is 4.94. The van der Waals surface area contributed by atoms with E-state index >= 15 is 0 Å². The second-order valence-corrected chi connectivity index (χ2v) is 12.4. The molecule has 2 aliphatic rings. The second-order valence-electron chi connectivity index (χ2n) is 9.76. The van der Waals surface area contributed by atoms with E-state index in [-0.39, 0.29) is 29.1 Å². The molecule has 0 bridgehead atoms. The van der Waals surface area contributed by atoms with Gasteiger partial charge in [-0.1, -0.05) is 55.3 Å². The van der Waals surface area contributed by atoms with Gasteiger partial charge >= 0.3 is 0 Å². The standard InChI is InChI=1S/C29H30FN3O5S2/c1-37-26-24(8-5-9-25(26)38-18-19-10-16-23(17-11-19)40(31,35)36)29-33(28(34)21-6-3-2-4-7-21)32-27(39-29)20-12-14-22(30)15-13-20/h5,8-17,21,29H,2-4,6-7,18H2,1H3,(H2,31,35,36). The number of halogens is 1. The fraction of sp³-hybridized carbons (Fsp3) is 0.310. The van der Waals surface area contributed by atoms with Gasteiger partial charge in [-0.05, 0) is 60.9 Å². The number of carbonyl (C=O) groups is 1. The molecule has 0 spiro atoms.